The van der Waals surface area contributed by atoms with Crippen LogP contribution in [-0.2, 0) is 11.3 Å². The van der Waals surface area contributed by atoms with Crippen LogP contribution in [0.3, 0.4) is 0 Å². The zero-order valence-electron chi connectivity index (χ0n) is 7.88. The number of carboxylic acid groups (broad SMARTS) is 1. The van der Waals surface area contributed by atoms with Gasteiger partial charge in [-0.05, 0) is 12.1 Å². The molecule has 2 aromatic rings. The highest BCUT2D eigenvalue weighted by atomic mass is 35.5. The molecule has 80 valence electrons. The molecule has 2 rings (SSSR count). The first-order valence-corrected chi connectivity index (χ1v) is 4.64. The van der Waals surface area contributed by atoms with E-state index >= 15 is 0 Å². The Hall–Kier alpha value is -2.13. The van der Waals surface area contributed by atoms with Crippen LogP contribution in [0, 0.1) is 11.3 Å². The summed E-state index contributed by atoms with van der Waals surface area (Å²) in [7, 11) is 0. The third kappa shape index (κ3) is 1.68. The number of carboxylic acids is 1. The molecule has 1 N–H and O–H groups in total. The van der Waals surface area contributed by atoms with Crippen molar-refractivity contribution in [1.82, 2.24) is 14.8 Å². The summed E-state index contributed by atoms with van der Waals surface area (Å²) >= 11 is 5.69. The number of aromatic nitrogens is 3. The summed E-state index contributed by atoms with van der Waals surface area (Å²) in [6.45, 7) is -0.318. The second-order valence-corrected chi connectivity index (χ2v) is 3.40. The van der Waals surface area contributed by atoms with Gasteiger partial charge in [0.1, 0.15) is 23.3 Å². The molecule has 0 fully saturated rings. The Labute approximate surface area is 94.7 Å². The molecular weight excluding hydrogens is 232 g/mol. The van der Waals surface area contributed by atoms with Crippen molar-refractivity contribution in [3.63, 3.8) is 0 Å². The van der Waals surface area contributed by atoms with Crippen molar-refractivity contribution < 1.29 is 9.90 Å². The van der Waals surface area contributed by atoms with E-state index in [-0.39, 0.29) is 17.4 Å². The highest BCUT2D eigenvalue weighted by Gasteiger charge is 2.13. The van der Waals surface area contributed by atoms with Crippen LogP contribution < -0.4 is 0 Å². The first-order valence-electron chi connectivity index (χ1n) is 4.27. The van der Waals surface area contributed by atoms with Crippen LogP contribution in [0.25, 0.3) is 11.0 Å². The van der Waals surface area contributed by atoms with E-state index in [1.165, 1.54) is 10.7 Å². The molecule has 0 unspecified atom stereocenters. The van der Waals surface area contributed by atoms with Gasteiger partial charge in [0, 0.05) is 0 Å². The first kappa shape index (κ1) is 10.4. The molecule has 0 bridgehead atoms. The number of aliphatic carboxylic acids is 1. The van der Waals surface area contributed by atoms with Gasteiger partial charge in [-0.2, -0.15) is 10.4 Å². The second-order valence-electron chi connectivity index (χ2n) is 3.01. The van der Waals surface area contributed by atoms with Crippen LogP contribution in [0.15, 0.2) is 12.1 Å². The van der Waals surface area contributed by atoms with Gasteiger partial charge in [0.25, 0.3) is 0 Å². The predicted molar refractivity (Wildman–Crippen MR) is 54.9 cm³/mol. The summed E-state index contributed by atoms with van der Waals surface area (Å²) in [5.74, 6) is -1.04. The lowest BCUT2D eigenvalue weighted by atomic mass is 10.3. The molecule has 7 heteroatoms. The molecule has 6 nitrogen and oxygen atoms in total. The topological polar surface area (TPSA) is 91.8 Å². The van der Waals surface area contributed by atoms with E-state index in [0.717, 1.165) is 0 Å². The molecule has 0 atom stereocenters. The molecule has 16 heavy (non-hydrogen) atoms. The Morgan fingerprint density at radius 2 is 2.38 bits per heavy atom. The summed E-state index contributed by atoms with van der Waals surface area (Å²) in [6.07, 6.45) is 0. The molecule has 0 saturated heterocycles. The number of fused-ring (bicyclic) bond motifs is 1. The summed E-state index contributed by atoms with van der Waals surface area (Å²) in [5, 5.41) is 21.6. The van der Waals surface area contributed by atoms with E-state index in [1.807, 2.05) is 6.07 Å². The highest BCUT2D eigenvalue weighted by Crippen LogP contribution is 2.18. The van der Waals surface area contributed by atoms with Gasteiger partial charge >= 0.3 is 5.97 Å². The van der Waals surface area contributed by atoms with Crippen molar-refractivity contribution in [3.8, 4) is 6.07 Å². The molecule has 0 aromatic carbocycles. The minimum Gasteiger partial charge on any atom is -0.480 e. The van der Waals surface area contributed by atoms with Crippen molar-refractivity contribution in [3.05, 3.63) is 23.0 Å². The quantitative estimate of drug-likeness (QED) is 0.787. The standard InChI is InChI=1S/C9H5ClN4O2/c10-7-2-1-6-9(12-7)5(3-11)13-14(6)4-8(15)16/h1-2H,4H2,(H,15,16). The average molecular weight is 237 g/mol. The number of hydrogen-bond donors (Lipinski definition) is 1. The van der Waals surface area contributed by atoms with E-state index in [4.69, 9.17) is 22.0 Å². The summed E-state index contributed by atoms with van der Waals surface area (Å²) in [4.78, 5) is 14.5. The zero-order chi connectivity index (χ0) is 11.7. The van der Waals surface area contributed by atoms with Crippen molar-refractivity contribution in [2.24, 2.45) is 0 Å². The SMILES string of the molecule is N#Cc1nn(CC(=O)O)c2ccc(Cl)nc12. The lowest BCUT2D eigenvalue weighted by molar-refractivity contribution is -0.137. The zero-order valence-corrected chi connectivity index (χ0v) is 8.64. The maximum Gasteiger partial charge on any atom is 0.325 e. The number of rotatable bonds is 2. The lowest BCUT2D eigenvalue weighted by Crippen LogP contribution is -2.09. The van der Waals surface area contributed by atoms with E-state index in [0.29, 0.717) is 11.0 Å². The minimum atomic E-state index is -1.04. The molecule has 0 radical (unpaired) electrons. The number of pyridine rings is 1. The van der Waals surface area contributed by atoms with Crippen LogP contribution in [-0.4, -0.2) is 25.8 Å². The lowest BCUT2D eigenvalue weighted by Gasteiger charge is -1.97. The van der Waals surface area contributed by atoms with Crippen LogP contribution in [0.5, 0.6) is 0 Å². The maximum atomic E-state index is 10.6. The Morgan fingerprint density at radius 3 is 3.00 bits per heavy atom. The molecular formula is C9H5ClN4O2. The molecule has 0 aliphatic heterocycles. The molecule has 2 aromatic heterocycles. The van der Waals surface area contributed by atoms with Gasteiger partial charge in [-0.25, -0.2) is 4.98 Å². The molecule has 0 aliphatic rings. The molecule has 0 amide bonds. The average Bonchev–Trinajstić information content (AvgIpc) is 2.55. The fourth-order valence-corrected chi connectivity index (χ4v) is 1.50. The smallest absolute Gasteiger partial charge is 0.325 e. The van der Waals surface area contributed by atoms with Crippen molar-refractivity contribution in [2.45, 2.75) is 6.54 Å². The third-order valence-corrected chi connectivity index (χ3v) is 2.16. The van der Waals surface area contributed by atoms with Crippen molar-refractivity contribution >= 4 is 28.6 Å². The van der Waals surface area contributed by atoms with Gasteiger partial charge in [-0.3, -0.25) is 9.48 Å². The van der Waals surface area contributed by atoms with Crippen molar-refractivity contribution in [2.75, 3.05) is 0 Å². The Morgan fingerprint density at radius 1 is 1.62 bits per heavy atom. The fourth-order valence-electron chi connectivity index (χ4n) is 1.36. The molecule has 0 saturated carbocycles. The van der Waals surface area contributed by atoms with Gasteiger partial charge in [-0.15, -0.1) is 0 Å². The predicted octanol–water partition coefficient (Wildman–Crippen LogP) is 1.04. The Kier molecular flexibility index (Phi) is 2.46. The van der Waals surface area contributed by atoms with Crippen LogP contribution >= 0.6 is 11.6 Å². The normalized spacial score (nSPS) is 10.2. The van der Waals surface area contributed by atoms with Gasteiger partial charge in [0.05, 0.1) is 5.52 Å². The maximum absolute atomic E-state index is 10.6. The Bertz CT molecular complexity index is 614. The molecule has 0 spiro atoms. The van der Waals surface area contributed by atoms with E-state index in [1.54, 1.807) is 6.07 Å². The molecule has 2 heterocycles. The number of nitriles is 1. The summed E-state index contributed by atoms with van der Waals surface area (Å²) in [6, 6.07) is 4.95. The van der Waals surface area contributed by atoms with Gasteiger partial charge in [0.15, 0.2) is 5.69 Å². The number of halogens is 1. The van der Waals surface area contributed by atoms with Crippen LogP contribution in [0.1, 0.15) is 5.69 Å². The Balaban J connectivity index is 2.69. The highest BCUT2D eigenvalue weighted by molar-refractivity contribution is 6.29. The minimum absolute atomic E-state index is 0.0683. The van der Waals surface area contributed by atoms with Crippen LogP contribution in [0.4, 0.5) is 0 Å². The largest absolute Gasteiger partial charge is 0.480 e. The summed E-state index contributed by atoms with van der Waals surface area (Å²) in [5.41, 5.74) is 0.860. The first-order chi connectivity index (χ1) is 7.61. The second kappa shape index (κ2) is 3.79. The summed E-state index contributed by atoms with van der Waals surface area (Å²) < 4.78 is 1.21. The molecule has 0 aliphatic carbocycles. The number of carbonyl (C=O) groups is 1. The third-order valence-electron chi connectivity index (χ3n) is 1.95. The van der Waals surface area contributed by atoms with Gasteiger partial charge in [0.2, 0.25) is 0 Å². The number of hydrogen-bond acceptors (Lipinski definition) is 4. The van der Waals surface area contributed by atoms with Gasteiger partial charge < -0.3 is 5.11 Å². The van der Waals surface area contributed by atoms with Gasteiger partial charge in [-0.1, -0.05) is 11.6 Å². The van der Waals surface area contributed by atoms with E-state index in [2.05, 4.69) is 10.1 Å². The monoisotopic (exact) mass is 236 g/mol. The fraction of sp³-hybridized carbons (Fsp3) is 0.111. The van der Waals surface area contributed by atoms with Crippen LogP contribution in [0.2, 0.25) is 5.15 Å². The number of nitrogens with zero attached hydrogens (tertiary/aromatic N) is 4. The van der Waals surface area contributed by atoms with E-state index in [9.17, 15) is 4.79 Å². The van der Waals surface area contributed by atoms with E-state index < -0.39 is 5.97 Å². The van der Waals surface area contributed by atoms with Crippen molar-refractivity contribution in [1.29, 1.82) is 5.26 Å².